The van der Waals surface area contributed by atoms with Crippen molar-refractivity contribution in [3.63, 3.8) is 0 Å². The fraction of sp³-hybridized carbons (Fsp3) is 0.385. The molecule has 0 spiro atoms. The lowest BCUT2D eigenvalue weighted by atomic mass is 10.0. The second-order valence-corrected chi connectivity index (χ2v) is 7.94. The topological polar surface area (TPSA) is 60.2 Å². The SMILES string of the molecule is CCC(C)Cn1c(CCOC)nc2cnc3ccc(-c4ccc(F)cc4)cc3c21.CCO. The molecular weight excluding hydrogens is 405 g/mol. The summed E-state index contributed by atoms with van der Waals surface area (Å²) in [4.78, 5) is 9.50. The van der Waals surface area contributed by atoms with Gasteiger partial charge >= 0.3 is 0 Å². The highest BCUT2D eigenvalue weighted by atomic mass is 19.1. The number of aromatic nitrogens is 3. The monoisotopic (exact) mass is 437 g/mol. The van der Waals surface area contributed by atoms with Gasteiger partial charge in [0.25, 0.3) is 0 Å². The van der Waals surface area contributed by atoms with Crippen molar-refractivity contribution in [2.24, 2.45) is 5.92 Å². The van der Waals surface area contributed by atoms with Gasteiger partial charge < -0.3 is 14.4 Å². The second-order valence-electron chi connectivity index (χ2n) is 7.94. The van der Waals surface area contributed by atoms with E-state index in [1.165, 1.54) is 12.1 Å². The molecule has 4 aromatic rings. The molecule has 0 saturated heterocycles. The maximum atomic E-state index is 13.3. The van der Waals surface area contributed by atoms with Crippen molar-refractivity contribution >= 4 is 21.9 Å². The Hall–Kier alpha value is -2.83. The van der Waals surface area contributed by atoms with Gasteiger partial charge in [-0.2, -0.15) is 0 Å². The smallest absolute Gasteiger partial charge is 0.123 e. The molecule has 5 nitrogen and oxygen atoms in total. The van der Waals surface area contributed by atoms with E-state index >= 15 is 0 Å². The van der Waals surface area contributed by atoms with Crippen LogP contribution in [0.4, 0.5) is 4.39 Å². The molecule has 6 heteroatoms. The number of benzene rings is 2. The fourth-order valence-electron chi connectivity index (χ4n) is 3.71. The number of aliphatic hydroxyl groups excluding tert-OH is 1. The number of rotatable bonds is 7. The standard InChI is InChI=1S/C24H26FN3O.C2H6O/c1-4-16(2)15-28-23(11-12-29-3)27-22-14-26-21-10-7-18(13-20(21)24(22)28)17-5-8-19(25)9-6-17;1-2-3/h5-10,13-14,16H,4,11-12,15H2,1-3H3;3H,2H2,1H3. The highest BCUT2D eigenvalue weighted by molar-refractivity contribution is 6.04. The van der Waals surface area contributed by atoms with Gasteiger partial charge in [0, 0.05) is 32.1 Å². The Labute approximate surface area is 188 Å². The molecule has 1 N–H and O–H groups in total. The largest absolute Gasteiger partial charge is 0.397 e. The average Bonchev–Trinajstić information content (AvgIpc) is 3.15. The van der Waals surface area contributed by atoms with Gasteiger partial charge in [-0.25, -0.2) is 9.37 Å². The number of nitrogens with zero attached hydrogens (tertiary/aromatic N) is 3. The van der Waals surface area contributed by atoms with E-state index < -0.39 is 0 Å². The number of hydrogen-bond donors (Lipinski definition) is 1. The Bertz CT molecular complexity index is 1160. The van der Waals surface area contributed by atoms with E-state index in [0.29, 0.717) is 12.5 Å². The molecule has 32 heavy (non-hydrogen) atoms. The van der Waals surface area contributed by atoms with E-state index in [1.807, 2.05) is 30.5 Å². The molecule has 170 valence electrons. The molecular formula is C26H32FN3O2. The minimum absolute atomic E-state index is 0.229. The van der Waals surface area contributed by atoms with E-state index in [2.05, 4.69) is 29.5 Å². The molecule has 0 radical (unpaired) electrons. The van der Waals surface area contributed by atoms with Crippen LogP contribution in [0.2, 0.25) is 0 Å². The first kappa shape index (κ1) is 23.8. The van der Waals surface area contributed by atoms with Crippen LogP contribution in [0.3, 0.4) is 0 Å². The summed E-state index contributed by atoms with van der Waals surface area (Å²) in [5.41, 5.74) is 4.99. The van der Waals surface area contributed by atoms with E-state index in [9.17, 15) is 4.39 Å². The van der Waals surface area contributed by atoms with E-state index in [1.54, 1.807) is 14.0 Å². The van der Waals surface area contributed by atoms with Crippen molar-refractivity contribution < 1.29 is 14.2 Å². The molecule has 0 aliphatic carbocycles. The Morgan fingerprint density at radius 2 is 1.75 bits per heavy atom. The lowest BCUT2D eigenvalue weighted by Crippen LogP contribution is -2.12. The first-order valence-corrected chi connectivity index (χ1v) is 11.2. The highest BCUT2D eigenvalue weighted by Gasteiger charge is 2.16. The van der Waals surface area contributed by atoms with Crippen LogP contribution in [-0.4, -0.2) is 40.0 Å². The third-order valence-electron chi connectivity index (χ3n) is 5.55. The van der Waals surface area contributed by atoms with Crippen molar-refractivity contribution in [1.29, 1.82) is 0 Å². The van der Waals surface area contributed by atoms with Crippen molar-refractivity contribution in [3.05, 3.63) is 60.3 Å². The van der Waals surface area contributed by atoms with Crippen LogP contribution in [0.25, 0.3) is 33.1 Å². The Kier molecular flexibility index (Phi) is 8.31. The van der Waals surface area contributed by atoms with Crippen molar-refractivity contribution in [2.45, 2.75) is 40.2 Å². The molecule has 0 fully saturated rings. The Balaban J connectivity index is 0.000000913. The summed E-state index contributed by atoms with van der Waals surface area (Å²) in [7, 11) is 1.72. The summed E-state index contributed by atoms with van der Waals surface area (Å²) in [6.07, 6.45) is 3.73. The van der Waals surface area contributed by atoms with Gasteiger partial charge in [-0.15, -0.1) is 0 Å². The van der Waals surface area contributed by atoms with Crippen LogP contribution >= 0.6 is 0 Å². The zero-order valence-corrected chi connectivity index (χ0v) is 19.3. The van der Waals surface area contributed by atoms with E-state index in [4.69, 9.17) is 14.8 Å². The van der Waals surface area contributed by atoms with Crippen LogP contribution in [0.1, 0.15) is 33.0 Å². The molecule has 1 unspecified atom stereocenters. The quantitative estimate of drug-likeness (QED) is 0.407. The molecule has 1 atom stereocenters. The number of hydrogen-bond acceptors (Lipinski definition) is 4. The normalized spacial score (nSPS) is 12.1. The number of methoxy groups -OCH3 is 1. The second kappa shape index (κ2) is 11.2. The van der Waals surface area contributed by atoms with Crippen LogP contribution in [-0.2, 0) is 17.7 Å². The zero-order chi connectivity index (χ0) is 23.1. The van der Waals surface area contributed by atoms with Crippen molar-refractivity contribution in [2.75, 3.05) is 20.3 Å². The molecule has 0 aliphatic heterocycles. The summed E-state index contributed by atoms with van der Waals surface area (Å²) < 4.78 is 21.0. The third kappa shape index (κ3) is 5.31. The third-order valence-corrected chi connectivity index (χ3v) is 5.55. The first-order chi connectivity index (χ1) is 15.5. The lowest BCUT2D eigenvalue weighted by Gasteiger charge is -2.15. The number of ether oxygens (including phenoxy) is 1. The molecule has 0 bridgehead atoms. The molecule has 0 aliphatic rings. The van der Waals surface area contributed by atoms with Gasteiger partial charge in [-0.1, -0.05) is 38.5 Å². The van der Waals surface area contributed by atoms with Crippen LogP contribution in [0.5, 0.6) is 0 Å². The summed E-state index contributed by atoms with van der Waals surface area (Å²) in [6, 6.07) is 12.8. The van der Waals surface area contributed by atoms with E-state index in [0.717, 1.165) is 58.3 Å². The van der Waals surface area contributed by atoms with Crippen LogP contribution in [0, 0.1) is 11.7 Å². The first-order valence-electron chi connectivity index (χ1n) is 11.2. The highest BCUT2D eigenvalue weighted by Crippen LogP contribution is 2.30. The molecule has 2 aromatic heterocycles. The number of fused-ring (bicyclic) bond motifs is 3. The minimum atomic E-state index is -0.229. The van der Waals surface area contributed by atoms with Gasteiger partial charge in [-0.3, -0.25) is 4.98 Å². The van der Waals surface area contributed by atoms with Crippen molar-refractivity contribution in [3.8, 4) is 11.1 Å². The van der Waals surface area contributed by atoms with Gasteiger partial charge in [0.05, 0.1) is 23.8 Å². The summed E-state index contributed by atoms with van der Waals surface area (Å²) >= 11 is 0. The minimum Gasteiger partial charge on any atom is -0.397 e. The molecule has 0 amide bonds. The van der Waals surface area contributed by atoms with Crippen LogP contribution < -0.4 is 0 Å². The maximum absolute atomic E-state index is 13.3. The number of halogens is 1. The van der Waals surface area contributed by atoms with Gasteiger partial charge in [-0.05, 0) is 48.2 Å². The summed E-state index contributed by atoms with van der Waals surface area (Å²) in [5, 5.41) is 8.64. The fourth-order valence-corrected chi connectivity index (χ4v) is 3.71. The average molecular weight is 438 g/mol. The summed E-state index contributed by atoms with van der Waals surface area (Å²) in [6.45, 7) is 7.95. The van der Waals surface area contributed by atoms with Gasteiger partial charge in [0.15, 0.2) is 0 Å². The number of imidazole rings is 1. The Morgan fingerprint density at radius 3 is 2.41 bits per heavy atom. The van der Waals surface area contributed by atoms with Crippen LogP contribution in [0.15, 0.2) is 48.7 Å². The number of aliphatic hydroxyl groups is 1. The predicted molar refractivity (Wildman–Crippen MR) is 128 cm³/mol. The van der Waals surface area contributed by atoms with Gasteiger partial charge in [0.2, 0.25) is 0 Å². The Morgan fingerprint density at radius 1 is 1.06 bits per heavy atom. The number of pyridine rings is 1. The summed E-state index contributed by atoms with van der Waals surface area (Å²) in [5.74, 6) is 1.34. The van der Waals surface area contributed by atoms with Crippen molar-refractivity contribution in [1.82, 2.24) is 14.5 Å². The van der Waals surface area contributed by atoms with Gasteiger partial charge in [0.1, 0.15) is 17.2 Å². The zero-order valence-electron chi connectivity index (χ0n) is 19.3. The molecule has 2 heterocycles. The maximum Gasteiger partial charge on any atom is 0.123 e. The predicted octanol–water partition coefficient (Wildman–Crippen LogP) is 5.62. The molecule has 2 aromatic carbocycles. The lowest BCUT2D eigenvalue weighted by molar-refractivity contribution is 0.199. The molecule has 0 saturated carbocycles. The van der Waals surface area contributed by atoms with E-state index in [-0.39, 0.29) is 12.4 Å². The molecule has 4 rings (SSSR count).